The molecule has 0 radical (unpaired) electrons. The molecule has 6 nitrogen and oxygen atoms in total. The van der Waals surface area contributed by atoms with Crippen molar-refractivity contribution in [3.8, 4) is 0 Å². The van der Waals surface area contributed by atoms with Gasteiger partial charge in [-0.25, -0.2) is 0 Å². The second-order valence-electron chi connectivity index (χ2n) is 5.67. The average Bonchev–Trinajstić information content (AvgIpc) is 2.91. The zero-order chi connectivity index (χ0) is 16.8. The van der Waals surface area contributed by atoms with E-state index in [2.05, 4.69) is 15.6 Å². The van der Waals surface area contributed by atoms with Gasteiger partial charge >= 0.3 is 0 Å². The lowest BCUT2D eigenvalue weighted by atomic mass is 10.1. The standard InChI is InChI=1S/C18H20N4O2/c23-17(15-5-2-7-20-13-15)21-16-6-1-4-14(12-16)18(24)22-10-3-8-19-9-11-22/h1-2,4-7,12-13,19H,3,8-11H2,(H,21,23). The molecule has 2 amide bonds. The van der Waals surface area contributed by atoms with Crippen LogP contribution in [-0.4, -0.2) is 47.9 Å². The van der Waals surface area contributed by atoms with Gasteiger partial charge in [0.05, 0.1) is 5.56 Å². The van der Waals surface area contributed by atoms with E-state index in [1.807, 2.05) is 4.90 Å². The highest BCUT2D eigenvalue weighted by molar-refractivity contribution is 6.04. The Morgan fingerprint density at radius 3 is 2.79 bits per heavy atom. The zero-order valence-corrected chi connectivity index (χ0v) is 13.4. The van der Waals surface area contributed by atoms with E-state index in [-0.39, 0.29) is 11.8 Å². The number of carbonyl (C=O) groups is 2. The highest BCUT2D eigenvalue weighted by Gasteiger charge is 2.17. The van der Waals surface area contributed by atoms with E-state index in [1.165, 1.54) is 6.20 Å². The van der Waals surface area contributed by atoms with Crippen molar-refractivity contribution in [3.63, 3.8) is 0 Å². The summed E-state index contributed by atoms with van der Waals surface area (Å²) in [7, 11) is 0. The monoisotopic (exact) mass is 324 g/mol. The zero-order valence-electron chi connectivity index (χ0n) is 13.4. The van der Waals surface area contributed by atoms with Gasteiger partial charge in [0.1, 0.15) is 0 Å². The van der Waals surface area contributed by atoms with E-state index in [1.54, 1.807) is 42.6 Å². The first-order valence-corrected chi connectivity index (χ1v) is 8.05. The third kappa shape index (κ3) is 3.97. The van der Waals surface area contributed by atoms with Gasteiger partial charge in [-0.1, -0.05) is 6.07 Å². The molecule has 124 valence electrons. The Kier molecular flexibility index (Phi) is 5.18. The SMILES string of the molecule is O=C(Nc1cccc(C(=O)N2CCCNCC2)c1)c1cccnc1. The van der Waals surface area contributed by atoms with Crippen molar-refractivity contribution in [1.82, 2.24) is 15.2 Å². The van der Waals surface area contributed by atoms with E-state index in [0.717, 1.165) is 26.1 Å². The van der Waals surface area contributed by atoms with E-state index in [0.29, 0.717) is 23.4 Å². The van der Waals surface area contributed by atoms with Crippen LogP contribution in [0.15, 0.2) is 48.8 Å². The number of nitrogens with zero attached hydrogens (tertiary/aromatic N) is 2. The van der Waals surface area contributed by atoms with Crippen LogP contribution in [0.2, 0.25) is 0 Å². The molecule has 3 rings (SSSR count). The quantitative estimate of drug-likeness (QED) is 0.902. The number of hydrogen-bond donors (Lipinski definition) is 2. The fourth-order valence-corrected chi connectivity index (χ4v) is 2.66. The van der Waals surface area contributed by atoms with E-state index >= 15 is 0 Å². The molecule has 6 heteroatoms. The van der Waals surface area contributed by atoms with Gasteiger partial charge in [-0.2, -0.15) is 0 Å². The van der Waals surface area contributed by atoms with E-state index < -0.39 is 0 Å². The summed E-state index contributed by atoms with van der Waals surface area (Å²) in [6.45, 7) is 3.19. The predicted octanol–water partition coefficient (Wildman–Crippen LogP) is 1.77. The molecule has 1 aliphatic heterocycles. The molecule has 0 unspecified atom stereocenters. The lowest BCUT2D eigenvalue weighted by Crippen LogP contribution is -2.34. The summed E-state index contributed by atoms with van der Waals surface area (Å²) in [5.41, 5.74) is 1.66. The average molecular weight is 324 g/mol. The number of pyridine rings is 1. The number of carbonyl (C=O) groups excluding carboxylic acids is 2. The van der Waals surface area contributed by atoms with Gasteiger partial charge in [0.15, 0.2) is 0 Å². The largest absolute Gasteiger partial charge is 0.337 e. The minimum absolute atomic E-state index is 0.00354. The van der Waals surface area contributed by atoms with Crippen molar-refractivity contribution in [2.24, 2.45) is 0 Å². The highest BCUT2D eigenvalue weighted by Crippen LogP contribution is 2.14. The second-order valence-corrected chi connectivity index (χ2v) is 5.67. The maximum atomic E-state index is 12.6. The molecular formula is C18H20N4O2. The van der Waals surface area contributed by atoms with Crippen molar-refractivity contribution in [2.75, 3.05) is 31.5 Å². The summed E-state index contributed by atoms with van der Waals surface area (Å²) in [5, 5.41) is 6.09. The topological polar surface area (TPSA) is 74.3 Å². The summed E-state index contributed by atoms with van der Waals surface area (Å²) < 4.78 is 0. The fraction of sp³-hybridized carbons (Fsp3) is 0.278. The number of benzene rings is 1. The Morgan fingerprint density at radius 2 is 1.96 bits per heavy atom. The smallest absolute Gasteiger partial charge is 0.257 e. The van der Waals surface area contributed by atoms with Crippen LogP contribution in [-0.2, 0) is 0 Å². The van der Waals surface area contributed by atoms with Gasteiger partial charge in [0, 0.05) is 43.3 Å². The molecule has 1 fully saturated rings. The number of amides is 2. The minimum Gasteiger partial charge on any atom is -0.337 e. The van der Waals surface area contributed by atoms with Gasteiger partial charge in [-0.3, -0.25) is 14.6 Å². The lowest BCUT2D eigenvalue weighted by Gasteiger charge is -2.20. The molecule has 1 aromatic carbocycles. The Hall–Kier alpha value is -2.73. The molecule has 0 atom stereocenters. The van der Waals surface area contributed by atoms with Gasteiger partial charge in [0.2, 0.25) is 0 Å². The van der Waals surface area contributed by atoms with Crippen LogP contribution in [0.25, 0.3) is 0 Å². The fourth-order valence-electron chi connectivity index (χ4n) is 2.66. The van der Waals surface area contributed by atoms with Crippen LogP contribution in [0.3, 0.4) is 0 Å². The van der Waals surface area contributed by atoms with Crippen LogP contribution in [0, 0.1) is 0 Å². The summed E-state index contributed by atoms with van der Waals surface area (Å²) in [6, 6.07) is 10.5. The van der Waals surface area contributed by atoms with Crippen molar-refractivity contribution >= 4 is 17.5 Å². The highest BCUT2D eigenvalue weighted by atomic mass is 16.2. The molecule has 0 bridgehead atoms. The lowest BCUT2D eigenvalue weighted by molar-refractivity contribution is 0.0766. The summed E-state index contributed by atoms with van der Waals surface area (Å²) in [5.74, 6) is -0.247. The minimum atomic E-state index is -0.244. The third-order valence-corrected chi connectivity index (χ3v) is 3.92. The number of aromatic nitrogens is 1. The van der Waals surface area contributed by atoms with E-state index in [4.69, 9.17) is 0 Å². The molecule has 2 aromatic rings. The van der Waals surface area contributed by atoms with Crippen LogP contribution in [0.5, 0.6) is 0 Å². The molecule has 1 saturated heterocycles. The maximum absolute atomic E-state index is 12.6. The molecule has 0 spiro atoms. The molecule has 0 saturated carbocycles. The molecule has 0 aliphatic carbocycles. The Labute approximate surface area is 140 Å². The summed E-state index contributed by atoms with van der Waals surface area (Å²) in [6.07, 6.45) is 4.07. The van der Waals surface area contributed by atoms with Gasteiger partial charge in [-0.05, 0) is 43.3 Å². The van der Waals surface area contributed by atoms with Gasteiger partial charge in [0.25, 0.3) is 11.8 Å². The molecule has 2 heterocycles. The van der Waals surface area contributed by atoms with Gasteiger partial charge in [-0.15, -0.1) is 0 Å². The number of anilines is 1. The second kappa shape index (κ2) is 7.70. The maximum Gasteiger partial charge on any atom is 0.257 e. The Balaban J connectivity index is 1.71. The normalized spacial score (nSPS) is 14.8. The van der Waals surface area contributed by atoms with E-state index in [9.17, 15) is 9.59 Å². The van der Waals surface area contributed by atoms with Crippen LogP contribution >= 0.6 is 0 Å². The van der Waals surface area contributed by atoms with Gasteiger partial charge < -0.3 is 15.5 Å². The number of rotatable bonds is 3. The first-order chi connectivity index (χ1) is 11.7. The number of nitrogens with one attached hydrogen (secondary N) is 2. The molecular weight excluding hydrogens is 304 g/mol. The molecule has 1 aliphatic rings. The first-order valence-electron chi connectivity index (χ1n) is 8.05. The summed E-state index contributed by atoms with van der Waals surface area (Å²) in [4.78, 5) is 30.6. The Bertz CT molecular complexity index is 710. The van der Waals surface area contributed by atoms with Crippen molar-refractivity contribution < 1.29 is 9.59 Å². The van der Waals surface area contributed by atoms with Crippen LogP contribution in [0.1, 0.15) is 27.1 Å². The third-order valence-electron chi connectivity index (χ3n) is 3.92. The molecule has 24 heavy (non-hydrogen) atoms. The summed E-state index contributed by atoms with van der Waals surface area (Å²) >= 11 is 0. The number of hydrogen-bond acceptors (Lipinski definition) is 4. The Morgan fingerprint density at radius 1 is 1.08 bits per heavy atom. The van der Waals surface area contributed by atoms with Crippen LogP contribution in [0.4, 0.5) is 5.69 Å². The van der Waals surface area contributed by atoms with Crippen molar-refractivity contribution in [3.05, 3.63) is 59.9 Å². The predicted molar refractivity (Wildman–Crippen MR) is 92.0 cm³/mol. The molecule has 2 N–H and O–H groups in total. The molecule has 1 aromatic heterocycles. The van der Waals surface area contributed by atoms with Crippen molar-refractivity contribution in [2.45, 2.75) is 6.42 Å². The van der Waals surface area contributed by atoms with Crippen LogP contribution < -0.4 is 10.6 Å². The van der Waals surface area contributed by atoms with Crippen molar-refractivity contribution in [1.29, 1.82) is 0 Å². The first kappa shape index (κ1) is 16.1.